The average Bonchev–Trinajstić information content (AvgIpc) is 3.49. The van der Waals surface area contributed by atoms with Crippen LogP contribution in [0.2, 0.25) is 0 Å². The first kappa shape index (κ1) is 19.4. The molecule has 0 radical (unpaired) electrons. The zero-order valence-corrected chi connectivity index (χ0v) is 18.7. The van der Waals surface area contributed by atoms with Crippen LogP contribution in [0.3, 0.4) is 0 Å². The van der Waals surface area contributed by atoms with Crippen LogP contribution < -0.4 is 5.32 Å². The van der Waals surface area contributed by atoms with Gasteiger partial charge in [-0.1, -0.05) is 13.8 Å². The number of rotatable bonds is 4. The number of hydrogen-bond donors (Lipinski definition) is 2. The number of aryl methyl sites for hydroxylation is 1. The Balaban J connectivity index is 1.60. The van der Waals surface area contributed by atoms with Crippen LogP contribution in [-0.2, 0) is 0 Å². The van der Waals surface area contributed by atoms with Crippen molar-refractivity contribution in [2.75, 3.05) is 13.1 Å². The van der Waals surface area contributed by atoms with E-state index in [0.717, 1.165) is 46.3 Å². The smallest absolute Gasteiger partial charge is 0.158 e. The van der Waals surface area contributed by atoms with Crippen molar-refractivity contribution in [2.45, 2.75) is 52.4 Å². The van der Waals surface area contributed by atoms with E-state index >= 15 is 0 Å². The molecule has 4 aromatic heterocycles. The highest BCUT2D eigenvalue weighted by atomic mass is 32.1. The predicted molar refractivity (Wildman–Crippen MR) is 120 cm³/mol. The standard InChI is InChI=1S/C22H27N7S/c1-12(2)18-19(16-10-29-21(25-11-26-29)14(4)13(16)3)27-28-20(18)22-24-9-17(30-22)15-5-7-23-8-6-15/h9-12,15,23H,5-8H2,1-4H3,(H,27,28). The first-order valence-corrected chi connectivity index (χ1v) is 11.4. The average molecular weight is 422 g/mol. The van der Waals surface area contributed by atoms with E-state index in [4.69, 9.17) is 10.1 Å². The van der Waals surface area contributed by atoms with E-state index in [2.05, 4.69) is 54.4 Å². The van der Waals surface area contributed by atoms with Crippen LogP contribution in [0.15, 0.2) is 18.7 Å². The van der Waals surface area contributed by atoms with E-state index in [9.17, 15) is 0 Å². The van der Waals surface area contributed by atoms with Gasteiger partial charge in [-0.15, -0.1) is 11.3 Å². The molecule has 0 unspecified atom stereocenters. The second-order valence-electron chi connectivity index (χ2n) is 8.43. The summed E-state index contributed by atoms with van der Waals surface area (Å²) in [5, 5.41) is 16.9. The number of nitrogens with one attached hydrogen (secondary N) is 2. The number of nitrogens with zero attached hydrogens (tertiary/aromatic N) is 5. The van der Waals surface area contributed by atoms with Crippen molar-refractivity contribution in [1.29, 1.82) is 0 Å². The first-order valence-electron chi connectivity index (χ1n) is 10.6. The summed E-state index contributed by atoms with van der Waals surface area (Å²) in [6, 6.07) is 0. The van der Waals surface area contributed by atoms with Gasteiger partial charge in [-0.25, -0.2) is 14.5 Å². The van der Waals surface area contributed by atoms with Gasteiger partial charge in [0.05, 0.1) is 11.4 Å². The van der Waals surface area contributed by atoms with Gasteiger partial charge in [-0.05, 0) is 62.7 Å². The summed E-state index contributed by atoms with van der Waals surface area (Å²) in [4.78, 5) is 10.6. The molecule has 0 aliphatic carbocycles. The van der Waals surface area contributed by atoms with Gasteiger partial charge in [-0.2, -0.15) is 10.2 Å². The van der Waals surface area contributed by atoms with Crippen molar-refractivity contribution >= 4 is 17.0 Å². The highest BCUT2D eigenvalue weighted by molar-refractivity contribution is 7.15. The third-order valence-electron chi connectivity index (χ3n) is 6.24. The lowest BCUT2D eigenvalue weighted by molar-refractivity contribution is 0.465. The van der Waals surface area contributed by atoms with Gasteiger partial charge in [0, 0.05) is 28.4 Å². The molecule has 1 aliphatic heterocycles. The Morgan fingerprint density at radius 2 is 1.93 bits per heavy atom. The largest absolute Gasteiger partial charge is 0.317 e. The van der Waals surface area contributed by atoms with Crippen LogP contribution >= 0.6 is 11.3 Å². The highest BCUT2D eigenvalue weighted by Gasteiger charge is 2.25. The molecule has 1 saturated heterocycles. The number of thiazole rings is 1. The van der Waals surface area contributed by atoms with Crippen molar-refractivity contribution in [3.63, 3.8) is 0 Å². The lowest BCUT2D eigenvalue weighted by atomic mass is 9.94. The number of fused-ring (bicyclic) bond motifs is 1. The Morgan fingerprint density at radius 1 is 1.13 bits per heavy atom. The fraction of sp³-hybridized carbons (Fsp3) is 0.455. The van der Waals surface area contributed by atoms with E-state index in [-0.39, 0.29) is 0 Å². The van der Waals surface area contributed by atoms with Crippen molar-refractivity contribution in [3.8, 4) is 22.0 Å². The van der Waals surface area contributed by atoms with E-state index in [0.29, 0.717) is 11.8 Å². The maximum absolute atomic E-state index is 4.79. The van der Waals surface area contributed by atoms with Crippen LogP contribution in [0.1, 0.15) is 60.1 Å². The first-order chi connectivity index (χ1) is 14.5. The molecule has 0 amide bonds. The minimum Gasteiger partial charge on any atom is -0.317 e. The van der Waals surface area contributed by atoms with Crippen LogP contribution in [-0.4, -0.2) is 42.9 Å². The van der Waals surface area contributed by atoms with Crippen LogP contribution in [0, 0.1) is 13.8 Å². The van der Waals surface area contributed by atoms with E-state index < -0.39 is 0 Å². The third kappa shape index (κ3) is 3.15. The summed E-state index contributed by atoms with van der Waals surface area (Å²) in [6.45, 7) is 10.8. The van der Waals surface area contributed by atoms with Crippen molar-refractivity contribution < 1.29 is 0 Å². The minimum absolute atomic E-state index is 0.311. The topological polar surface area (TPSA) is 83.8 Å². The van der Waals surface area contributed by atoms with E-state index in [1.54, 1.807) is 17.7 Å². The normalized spacial score (nSPS) is 15.5. The number of H-pyrrole nitrogens is 1. The van der Waals surface area contributed by atoms with Gasteiger partial charge in [0.2, 0.25) is 0 Å². The molecular weight excluding hydrogens is 394 g/mol. The number of hydrogen-bond acceptors (Lipinski definition) is 6. The Morgan fingerprint density at radius 3 is 2.70 bits per heavy atom. The quantitative estimate of drug-likeness (QED) is 0.509. The molecule has 0 saturated carbocycles. The molecule has 8 heteroatoms. The molecule has 4 aromatic rings. The van der Waals surface area contributed by atoms with E-state index in [1.165, 1.54) is 28.8 Å². The number of aromatic nitrogens is 6. The molecule has 0 spiro atoms. The van der Waals surface area contributed by atoms with Gasteiger partial charge in [-0.3, -0.25) is 5.10 Å². The van der Waals surface area contributed by atoms with Crippen molar-refractivity contribution in [2.24, 2.45) is 0 Å². The van der Waals surface area contributed by atoms with Gasteiger partial charge in [0.1, 0.15) is 11.3 Å². The summed E-state index contributed by atoms with van der Waals surface area (Å²) < 4.78 is 1.84. The van der Waals surface area contributed by atoms with Gasteiger partial charge < -0.3 is 5.32 Å². The van der Waals surface area contributed by atoms with Crippen molar-refractivity contribution in [1.82, 2.24) is 35.1 Å². The maximum Gasteiger partial charge on any atom is 0.158 e. The zero-order valence-electron chi connectivity index (χ0n) is 17.9. The lowest BCUT2D eigenvalue weighted by Gasteiger charge is -2.20. The monoisotopic (exact) mass is 421 g/mol. The van der Waals surface area contributed by atoms with E-state index in [1.807, 2.05) is 10.7 Å². The van der Waals surface area contributed by atoms with Crippen LogP contribution in [0.4, 0.5) is 0 Å². The molecule has 0 atom stereocenters. The summed E-state index contributed by atoms with van der Waals surface area (Å²) in [6.07, 6.45) is 8.08. The van der Waals surface area contributed by atoms with Gasteiger partial charge in [0.15, 0.2) is 5.65 Å². The molecule has 1 fully saturated rings. The van der Waals surface area contributed by atoms with Crippen LogP contribution in [0.25, 0.3) is 27.6 Å². The summed E-state index contributed by atoms with van der Waals surface area (Å²) in [7, 11) is 0. The van der Waals surface area contributed by atoms with Gasteiger partial charge in [0.25, 0.3) is 0 Å². The predicted octanol–water partition coefficient (Wildman–Crippen LogP) is 4.45. The Labute approximate surface area is 180 Å². The molecule has 5 heterocycles. The maximum atomic E-state index is 4.79. The third-order valence-corrected chi connectivity index (χ3v) is 7.42. The summed E-state index contributed by atoms with van der Waals surface area (Å²) in [5.41, 5.74) is 7.54. The fourth-order valence-corrected chi connectivity index (χ4v) is 5.51. The Kier molecular flexibility index (Phi) is 4.91. The number of pyridine rings is 1. The molecule has 0 bridgehead atoms. The summed E-state index contributed by atoms with van der Waals surface area (Å²) >= 11 is 1.81. The minimum atomic E-state index is 0.311. The molecule has 7 nitrogen and oxygen atoms in total. The second-order valence-corrected chi connectivity index (χ2v) is 9.49. The highest BCUT2D eigenvalue weighted by Crippen LogP contribution is 2.40. The molecule has 1 aliphatic rings. The zero-order chi connectivity index (χ0) is 20.8. The molecule has 30 heavy (non-hydrogen) atoms. The fourth-order valence-electron chi connectivity index (χ4n) is 4.42. The van der Waals surface area contributed by atoms with Crippen molar-refractivity contribution in [3.05, 3.63) is 40.3 Å². The SMILES string of the molecule is Cc1c(-c2n[nH]c(-c3ncc(C4CCNCC4)s3)c2C(C)C)cn2ncnc2c1C. The molecule has 2 N–H and O–H groups in total. The lowest BCUT2D eigenvalue weighted by Crippen LogP contribution is -2.26. The second kappa shape index (κ2) is 7.59. The molecule has 5 rings (SSSR count). The summed E-state index contributed by atoms with van der Waals surface area (Å²) in [5.74, 6) is 0.924. The van der Waals surface area contributed by atoms with Crippen LogP contribution in [0.5, 0.6) is 0 Å². The number of piperidine rings is 1. The van der Waals surface area contributed by atoms with Gasteiger partial charge >= 0.3 is 0 Å². The Hall–Kier alpha value is -2.58. The number of aromatic amines is 1. The molecule has 156 valence electrons. The molecule has 0 aromatic carbocycles. The molecular formula is C22H27N7S. The Bertz CT molecular complexity index is 1190.